The minimum Gasteiger partial charge on any atom is -0.340 e. The second kappa shape index (κ2) is 6.71. The van der Waals surface area contributed by atoms with Crippen LogP contribution in [-0.2, 0) is 4.79 Å². The highest BCUT2D eigenvalue weighted by atomic mass is 16.2. The van der Waals surface area contributed by atoms with E-state index < -0.39 is 0 Å². The summed E-state index contributed by atoms with van der Waals surface area (Å²) in [6, 6.07) is 0.0647. The number of carbonyl (C=O) groups excluding carboxylic acids is 1. The van der Waals surface area contributed by atoms with E-state index in [2.05, 4.69) is 23.6 Å². The van der Waals surface area contributed by atoms with Crippen LogP contribution in [0.15, 0.2) is 0 Å². The lowest BCUT2D eigenvalue weighted by molar-refractivity contribution is -0.139. The molecule has 0 radical (unpaired) electrons. The lowest BCUT2D eigenvalue weighted by Crippen LogP contribution is -2.54. The maximum Gasteiger partial charge on any atom is 0.227 e. The van der Waals surface area contributed by atoms with E-state index in [9.17, 15) is 4.79 Å². The van der Waals surface area contributed by atoms with Gasteiger partial charge in [0.1, 0.15) is 0 Å². The second-order valence-corrected chi connectivity index (χ2v) is 6.26. The molecule has 0 spiro atoms. The van der Waals surface area contributed by atoms with Gasteiger partial charge < -0.3 is 10.6 Å². The largest absolute Gasteiger partial charge is 0.340 e. The smallest absolute Gasteiger partial charge is 0.227 e. The second-order valence-electron chi connectivity index (χ2n) is 6.26. The van der Waals surface area contributed by atoms with Gasteiger partial charge in [-0.1, -0.05) is 20.3 Å². The van der Waals surface area contributed by atoms with Gasteiger partial charge in [0.15, 0.2) is 0 Å². The van der Waals surface area contributed by atoms with Crippen molar-refractivity contribution in [3.63, 3.8) is 0 Å². The Balaban J connectivity index is 1.86. The first-order chi connectivity index (χ1) is 9.13. The fourth-order valence-electron chi connectivity index (χ4n) is 3.47. The van der Waals surface area contributed by atoms with Gasteiger partial charge in [-0.25, -0.2) is 0 Å². The van der Waals surface area contributed by atoms with Crippen molar-refractivity contribution in [2.75, 3.05) is 32.7 Å². The summed E-state index contributed by atoms with van der Waals surface area (Å²) in [4.78, 5) is 17.1. The predicted octanol–water partition coefficient (Wildman–Crippen LogP) is 1.30. The van der Waals surface area contributed by atoms with Crippen molar-refractivity contribution < 1.29 is 4.79 Å². The third-order valence-electron chi connectivity index (χ3n) is 4.84. The van der Waals surface area contributed by atoms with Crippen LogP contribution >= 0.6 is 0 Å². The zero-order chi connectivity index (χ0) is 13.8. The molecule has 1 saturated carbocycles. The first-order valence-corrected chi connectivity index (χ1v) is 7.90. The molecule has 1 aliphatic carbocycles. The van der Waals surface area contributed by atoms with E-state index in [1.165, 1.54) is 12.8 Å². The van der Waals surface area contributed by atoms with Gasteiger partial charge in [-0.3, -0.25) is 9.69 Å². The van der Waals surface area contributed by atoms with Gasteiger partial charge in [-0.05, 0) is 31.7 Å². The summed E-state index contributed by atoms with van der Waals surface area (Å²) in [6.45, 7) is 9.37. The topological polar surface area (TPSA) is 49.6 Å². The number of hydrogen-bond donors (Lipinski definition) is 1. The van der Waals surface area contributed by atoms with Gasteiger partial charge in [0.05, 0.1) is 5.92 Å². The van der Waals surface area contributed by atoms with E-state index in [1.54, 1.807) is 0 Å². The summed E-state index contributed by atoms with van der Waals surface area (Å²) in [7, 11) is 0. The van der Waals surface area contributed by atoms with Crippen molar-refractivity contribution in [1.82, 2.24) is 9.80 Å². The third-order valence-corrected chi connectivity index (χ3v) is 4.84. The first kappa shape index (κ1) is 14.8. The monoisotopic (exact) mass is 267 g/mol. The molecular formula is C15H29N3O. The van der Waals surface area contributed by atoms with Crippen LogP contribution < -0.4 is 5.73 Å². The van der Waals surface area contributed by atoms with Crippen molar-refractivity contribution in [3.05, 3.63) is 0 Å². The van der Waals surface area contributed by atoms with Gasteiger partial charge in [-0.15, -0.1) is 0 Å². The normalized spacial score (nSPS) is 33.4. The van der Waals surface area contributed by atoms with E-state index in [0.29, 0.717) is 11.8 Å². The SMILES string of the molecule is CCCN1CCN(C(=O)C2CCCC(C)C2N)CC1. The van der Waals surface area contributed by atoms with Crippen LogP contribution in [0.1, 0.15) is 39.5 Å². The van der Waals surface area contributed by atoms with E-state index >= 15 is 0 Å². The Morgan fingerprint density at radius 1 is 1.21 bits per heavy atom. The van der Waals surface area contributed by atoms with Gasteiger partial charge in [0.25, 0.3) is 0 Å². The Bertz CT molecular complexity index is 300. The summed E-state index contributed by atoms with van der Waals surface area (Å²) >= 11 is 0. The quantitative estimate of drug-likeness (QED) is 0.838. The molecule has 0 aromatic carbocycles. The van der Waals surface area contributed by atoms with Gasteiger partial charge in [-0.2, -0.15) is 0 Å². The molecule has 0 bridgehead atoms. The number of carbonyl (C=O) groups is 1. The first-order valence-electron chi connectivity index (χ1n) is 7.90. The lowest BCUT2D eigenvalue weighted by atomic mass is 9.77. The van der Waals surface area contributed by atoms with Crippen LogP contribution in [0, 0.1) is 11.8 Å². The predicted molar refractivity (Wildman–Crippen MR) is 77.8 cm³/mol. The Hall–Kier alpha value is -0.610. The number of hydrogen-bond acceptors (Lipinski definition) is 3. The fraction of sp³-hybridized carbons (Fsp3) is 0.933. The molecule has 2 aliphatic rings. The van der Waals surface area contributed by atoms with Gasteiger partial charge in [0.2, 0.25) is 5.91 Å². The molecule has 4 heteroatoms. The van der Waals surface area contributed by atoms with Crippen LogP contribution in [-0.4, -0.2) is 54.5 Å². The highest BCUT2D eigenvalue weighted by Gasteiger charge is 2.35. The van der Waals surface area contributed by atoms with Gasteiger partial charge >= 0.3 is 0 Å². The molecule has 3 unspecified atom stereocenters. The summed E-state index contributed by atoms with van der Waals surface area (Å²) in [6.07, 6.45) is 4.51. The minimum atomic E-state index is 0.0647. The molecule has 19 heavy (non-hydrogen) atoms. The van der Waals surface area contributed by atoms with Crippen molar-refractivity contribution in [3.8, 4) is 0 Å². The molecule has 110 valence electrons. The summed E-state index contributed by atoms with van der Waals surface area (Å²) in [5.74, 6) is 0.876. The molecule has 1 amide bonds. The molecule has 2 rings (SSSR count). The number of rotatable bonds is 3. The number of piperazine rings is 1. The Labute approximate surface area is 117 Å². The molecule has 1 saturated heterocycles. The van der Waals surface area contributed by atoms with E-state index in [-0.39, 0.29) is 12.0 Å². The number of amides is 1. The zero-order valence-corrected chi connectivity index (χ0v) is 12.5. The highest BCUT2D eigenvalue weighted by molar-refractivity contribution is 5.79. The van der Waals surface area contributed by atoms with Crippen molar-refractivity contribution in [2.24, 2.45) is 17.6 Å². The molecule has 4 nitrogen and oxygen atoms in total. The van der Waals surface area contributed by atoms with E-state index in [4.69, 9.17) is 5.73 Å². The van der Waals surface area contributed by atoms with E-state index in [0.717, 1.165) is 45.6 Å². The number of nitrogens with zero attached hydrogens (tertiary/aromatic N) is 2. The fourth-order valence-corrected chi connectivity index (χ4v) is 3.47. The highest BCUT2D eigenvalue weighted by Crippen LogP contribution is 2.29. The van der Waals surface area contributed by atoms with Crippen LogP contribution in [0.2, 0.25) is 0 Å². The average molecular weight is 267 g/mol. The molecule has 0 aromatic heterocycles. The van der Waals surface area contributed by atoms with E-state index in [1.807, 2.05) is 0 Å². The average Bonchev–Trinajstić information content (AvgIpc) is 2.42. The van der Waals surface area contributed by atoms with Gasteiger partial charge in [0, 0.05) is 32.2 Å². The maximum absolute atomic E-state index is 12.6. The molecule has 2 N–H and O–H groups in total. The summed E-state index contributed by atoms with van der Waals surface area (Å²) in [5.41, 5.74) is 6.25. The molecule has 1 aliphatic heterocycles. The standard InChI is InChI=1S/C15H29N3O/c1-3-7-17-8-10-18(11-9-17)15(19)13-6-4-5-12(2)14(13)16/h12-14H,3-11,16H2,1-2H3. The molecule has 3 atom stereocenters. The van der Waals surface area contributed by atoms with Crippen molar-refractivity contribution in [2.45, 2.75) is 45.6 Å². The molecular weight excluding hydrogens is 238 g/mol. The van der Waals surface area contributed by atoms with Crippen molar-refractivity contribution in [1.29, 1.82) is 0 Å². The third kappa shape index (κ3) is 3.48. The zero-order valence-electron chi connectivity index (χ0n) is 12.5. The van der Waals surface area contributed by atoms with Crippen LogP contribution in [0.4, 0.5) is 0 Å². The molecule has 2 fully saturated rings. The Kier molecular flexibility index (Phi) is 5.22. The molecule has 0 aromatic rings. The minimum absolute atomic E-state index is 0.0647. The Morgan fingerprint density at radius 2 is 1.89 bits per heavy atom. The summed E-state index contributed by atoms with van der Waals surface area (Å²) < 4.78 is 0. The summed E-state index contributed by atoms with van der Waals surface area (Å²) in [5, 5.41) is 0. The lowest BCUT2D eigenvalue weighted by Gasteiger charge is -2.40. The van der Waals surface area contributed by atoms with Crippen LogP contribution in [0.3, 0.4) is 0 Å². The van der Waals surface area contributed by atoms with Crippen molar-refractivity contribution >= 4 is 5.91 Å². The molecule has 1 heterocycles. The van der Waals surface area contributed by atoms with Crippen LogP contribution in [0.25, 0.3) is 0 Å². The maximum atomic E-state index is 12.6. The number of nitrogens with two attached hydrogens (primary N) is 1. The van der Waals surface area contributed by atoms with Crippen LogP contribution in [0.5, 0.6) is 0 Å². The Morgan fingerprint density at radius 3 is 2.53 bits per heavy atom.